The van der Waals surface area contributed by atoms with Crippen molar-refractivity contribution in [1.29, 1.82) is 0 Å². The third-order valence-electron chi connectivity index (χ3n) is 1.96. The number of hydrogen-bond donors (Lipinski definition) is 1. The predicted molar refractivity (Wildman–Crippen MR) is 66.9 cm³/mol. The van der Waals surface area contributed by atoms with Crippen molar-refractivity contribution in [2.75, 3.05) is 5.75 Å². The smallest absolute Gasteiger partial charge is 0.0466 e. The lowest BCUT2D eigenvalue weighted by atomic mass is 10.2. The molecule has 0 spiro atoms. The number of aromatic amines is 1. The van der Waals surface area contributed by atoms with Crippen LogP contribution in [0, 0.1) is 0 Å². The van der Waals surface area contributed by atoms with Crippen molar-refractivity contribution in [3.05, 3.63) is 41.5 Å². The molecule has 0 amide bonds. The van der Waals surface area contributed by atoms with Crippen LogP contribution in [0.15, 0.2) is 46.4 Å². The first-order valence-electron chi connectivity index (χ1n) is 4.31. The molecule has 72 valence electrons. The van der Waals surface area contributed by atoms with Gasteiger partial charge in [-0.3, -0.25) is 0 Å². The lowest BCUT2D eigenvalue weighted by Crippen LogP contribution is -1.71. The first-order chi connectivity index (χ1) is 6.81. The molecule has 0 fully saturated rings. The van der Waals surface area contributed by atoms with Crippen LogP contribution < -0.4 is 0 Å². The average molecular weight is 268 g/mol. The molecule has 0 saturated heterocycles. The highest BCUT2D eigenvalue weighted by Crippen LogP contribution is 2.29. The minimum absolute atomic E-state index is 0.944. The number of rotatable bonds is 3. The fraction of sp³-hybridized carbons (Fsp3) is 0.0909. The highest BCUT2D eigenvalue weighted by molar-refractivity contribution is 9.10. The van der Waals surface area contributed by atoms with Gasteiger partial charge in [0.05, 0.1) is 0 Å². The number of benzene rings is 1. The van der Waals surface area contributed by atoms with Crippen LogP contribution in [0.4, 0.5) is 0 Å². The Morgan fingerprint density at radius 3 is 3.14 bits per heavy atom. The molecular weight excluding hydrogens is 258 g/mol. The summed E-state index contributed by atoms with van der Waals surface area (Å²) in [6.07, 6.45) is 3.97. The first kappa shape index (κ1) is 9.87. The summed E-state index contributed by atoms with van der Waals surface area (Å²) < 4.78 is 1.12. The normalized spacial score (nSPS) is 10.6. The van der Waals surface area contributed by atoms with Crippen molar-refractivity contribution >= 4 is 38.6 Å². The van der Waals surface area contributed by atoms with Crippen LogP contribution in [0.2, 0.25) is 0 Å². The highest BCUT2D eigenvalue weighted by atomic mass is 79.9. The summed E-state index contributed by atoms with van der Waals surface area (Å²) in [5, 5.41) is 1.27. The Kier molecular flexibility index (Phi) is 2.99. The zero-order chi connectivity index (χ0) is 9.97. The van der Waals surface area contributed by atoms with E-state index in [1.807, 2.05) is 18.3 Å². The van der Waals surface area contributed by atoms with Crippen molar-refractivity contribution in [3.8, 4) is 0 Å². The summed E-state index contributed by atoms with van der Waals surface area (Å²) in [5.41, 5.74) is 1.18. The number of halogens is 1. The predicted octanol–water partition coefficient (Wildman–Crippen LogP) is 4.21. The van der Waals surface area contributed by atoms with E-state index in [0.717, 1.165) is 10.2 Å². The number of fused-ring (bicyclic) bond motifs is 1. The SMILES string of the molecule is C=CCSc1c[nH]c2ccc(Br)cc12. The van der Waals surface area contributed by atoms with Gasteiger partial charge in [-0.15, -0.1) is 18.3 Å². The van der Waals surface area contributed by atoms with Gasteiger partial charge in [-0.05, 0) is 18.2 Å². The van der Waals surface area contributed by atoms with E-state index in [4.69, 9.17) is 0 Å². The Morgan fingerprint density at radius 1 is 1.50 bits per heavy atom. The van der Waals surface area contributed by atoms with Gasteiger partial charge in [0.15, 0.2) is 0 Å². The van der Waals surface area contributed by atoms with Crippen LogP contribution >= 0.6 is 27.7 Å². The summed E-state index contributed by atoms with van der Waals surface area (Å²) in [6.45, 7) is 3.72. The number of thioether (sulfide) groups is 1. The molecule has 0 aliphatic heterocycles. The molecule has 0 saturated carbocycles. The maximum atomic E-state index is 3.72. The minimum Gasteiger partial charge on any atom is -0.360 e. The van der Waals surface area contributed by atoms with E-state index in [9.17, 15) is 0 Å². The number of nitrogens with one attached hydrogen (secondary N) is 1. The molecule has 1 nitrogen and oxygen atoms in total. The van der Waals surface area contributed by atoms with E-state index in [1.165, 1.54) is 15.8 Å². The molecular formula is C11H10BrNS. The molecule has 0 unspecified atom stereocenters. The van der Waals surface area contributed by atoms with Crippen LogP contribution in [0.3, 0.4) is 0 Å². The summed E-state index contributed by atoms with van der Waals surface area (Å²) in [4.78, 5) is 4.53. The summed E-state index contributed by atoms with van der Waals surface area (Å²) in [6, 6.07) is 6.26. The van der Waals surface area contributed by atoms with E-state index < -0.39 is 0 Å². The second-order valence-electron chi connectivity index (χ2n) is 2.94. The van der Waals surface area contributed by atoms with Gasteiger partial charge in [0.25, 0.3) is 0 Å². The quantitative estimate of drug-likeness (QED) is 0.651. The van der Waals surface area contributed by atoms with E-state index in [-0.39, 0.29) is 0 Å². The summed E-state index contributed by atoms with van der Waals surface area (Å²) in [5.74, 6) is 0.944. The topological polar surface area (TPSA) is 15.8 Å². The lowest BCUT2D eigenvalue weighted by molar-refractivity contribution is 1.41. The van der Waals surface area contributed by atoms with Crippen LogP contribution in [-0.2, 0) is 0 Å². The monoisotopic (exact) mass is 267 g/mol. The van der Waals surface area contributed by atoms with Crippen molar-refractivity contribution < 1.29 is 0 Å². The molecule has 0 aliphatic rings. The second-order valence-corrected chi connectivity index (χ2v) is 4.92. The number of H-pyrrole nitrogens is 1. The molecule has 2 aromatic rings. The third kappa shape index (κ3) is 1.88. The van der Waals surface area contributed by atoms with Gasteiger partial charge in [-0.25, -0.2) is 0 Å². The molecule has 0 atom stereocenters. The molecule has 1 N–H and O–H groups in total. The fourth-order valence-electron chi connectivity index (χ4n) is 1.34. The molecule has 1 aromatic carbocycles. The molecule has 0 aliphatic carbocycles. The van der Waals surface area contributed by atoms with Crippen LogP contribution in [0.1, 0.15) is 0 Å². The Bertz CT molecular complexity index is 461. The minimum atomic E-state index is 0.944. The zero-order valence-electron chi connectivity index (χ0n) is 7.59. The summed E-state index contributed by atoms with van der Waals surface area (Å²) in [7, 11) is 0. The van der Waals surface area contributed by atoms with E-state index in [2.05, 4.69) is 39.6 Å². The summed E-state index contributed by atoms with van der Waals surface area (Å²) >= 11 is 5.27. The Balaban J connectivity index is 2.44. The standard InChI is InChI=1S/C11H10BrNS/c1-2-5-14-11-7-13-10-4-3-8(12)6-9(10)11/h2-4,6-7,13H,1,5H2. The Morgan fingerprint density at radius 2 is 2.36 bits per heavy atom. The van der Waals surface area contributed by atoms with Gasteiger partial charge in [0.1, 0.15) is 0 Å². The van der Waals surface area contributed by atoms with Gasteiger partial charge in [-0.2, -0.15) is 0 Å². The third-order valence-corrected chi connectivity index (χ3v) is 3.51. The van der Waals surface area contributed by atoms with E-state index in [1.54, 1.807) is 11.8 Å². The first-order valence-corrected chi connectivity index (χ1v) is 6.09. The van der Waals surface area contributed by atoms with Crippen LogP contribution in [0.25, 0.3) is 10.9 Å². The van der Waals surface area contributed by atoms with Gasteiger partial charge in [0.2, 0.25) is 0 Å². The molecule has 0 bridgehead atoms. The van der Waals surface area contributed by atoms with Gasteiger partial charge >= 0.3 is 0 Å². The van der Waals surface area contributed by atoms with Crippen LogP contribution in [0.5, 0.6) is 0 Å². The highest BCUT2D eigenvalue weighted by Gasteiger charge is 2.03. The average Bonchev–Trinajstić information content (AvgIpc) is 2.57. The molecule has 0 radical (unpaired) electrons. The molecule has 14 heavy (non-hydrogen) atoms. The molecule has 3 heteroatoms. The zero-order valence-corrected chi connectivity index (χ0v) is 9.99. The molecule has 2 rings (SSSR count). The van der Waals surface area contributed by atoms with Crippen molar-refractivity contribution in [1.82, 2.24) is 4.98 Å². The van der Waals surface area contributed by atoms with Crippen molar-refractivity contribution in [2.24, 2.45) is 0 Å². The number of hydrogen-bond acceptors (Lipinski definition) is 1. The van der Waals surface area contributed by atoms with Gasteiger partial charge < -0.3 is 4.98 Å². The van der Waals surface area contributed by atoms with Crippen LogP contribution in [-0.4, -0.2) is 10.7 Å². The second kappa shape index (κ2) is 4.24. The maximum absolute atomic E-state index is 3.72. The van der Waals surface area contributed by atoms with Gasteiger partial charge in [0, 0.05) is 32.2 Å². The fourth-order valence-corrected chi connectivity index (χ4v) is 2.46. The van der Waals surface area contributed by atoms with E-state index in [0.29, 0.717) is 0 Å². The largest absolute Gasteiger partial charge is 0.360 e. The molecule has 1 heterocycles. The Hall–Kier alpha value is -0.670. The molecule has 1 aromatic heterocycles. The van der Waals surface area contributed by atoms with Crippen molar-refractivity contribution in [3.63, 3.8) is 0 Å². The number of aromatic nitrogens is 1. The maximum Gasteiger partial charge on any atom is 0.0466 e. The van der Waals surface area contributed by atoms with Gasteiger partial charge in [-0.1, -0.05) is 22.0 Å². The lowest BCUT2D eigenvalue weighted by Gasteiger charge is -1.96. The Labute approximate surface area is 95.7 Å². The van der Waals surface area contributed by atoms with Crippen molar-refractivity contribution in [2.45, 2.75) is 4.90 Å². The van der Waals surface area contributed by atoms with E-state index >= 15 is 0 Å².